The molecule has 1 heterocycles. The lowest BCUT2D eigenvalue weighted by Gasteiger charge is -2.27. The van der Waals surface area contributed by atoms with E-state index in [-0.39, 0.29) is 6.98 Å². The van der Waals surface area contributed by atoms with Gasteiger partial charge in [-0.05, 0) is 44.5 Å². The number of fused-ring (bicyclic) bond motifs is 1. The first-order valence-corrected chi connectivity index (χ1v) is 7.82. The minimum atomic E-state index is 0.170. The van der Waals surface area contributed by atoms with E-state index < -0.39 is 0 Å². The molecule has 0 aromatic heterocycles. The number of anilines is 2. The molecule has 0 saturated heterocycles. The molecule has 0 spiro atoms. The molecule has 0 N–H and O–H groups in total. The average molecular weight is 281 g/mol. The van der Waals surface area contributed by atoms with Gasteiger partial charge in [-0.3, -0.25) is 0 Å². The Balaban J connectivity index is 2.46. The molecule has 1 aromatic carbocycles. The summed E-state index contributed by atoms with van der Waals surface area (Å²) in [6.45, 7) is 4.49. The standard InChI is InChI=1S/C17H24BN3/c1-5-9-14(13-19)15(10-6-2)18-20(3)16-11-7-8-12-17(16)21(18)4/h7-8,11-12H,5-6,9-10H2,1-4H3/b15-14-. The van der Waals surface area contributed by atoms with E-state index in [1.54, 1.807) is 0 Å². The van der Waals surface area contributed by atoms with Crippen molar-refractivity contribution in [3.05, 3.63) is 35.3 Å². The highest BCUT2D eigenvalue weighted by Crippen LogP contribution is 2.39. The van der Waals surface area contributed by atoms with Gasteiger partial charge in [-0.15, -0.1) is 0 Å². The fourth-order valence-electron chi connectivity index (χ4n) is 3.29. The smallest absolute Gasteiger partial charge is 0.393 e. The Morgan fingerprint density at radius 2 is 1.57 bits per heavy atom. The van der Waals surface area contributed by atoms with Crippen molar-refractivity contribution in [2.45, 2.75) is 39.5 Å². The van der Waals surface area contributed by atoms with Crippen LogP contribution in [0.1, 0.15) is 39.5 Å². The second-order valence-corrected chi connectivity index (χ2v) is 5.70. The highest BCUT2D eigenvalue weighted by molar-refractivity contribution is 6.76. The molecule has 3 nitrogen and oxygen atoms in total. The Hall–Kier alpha value is -1.89. The summed E-state index contributed by atoms with van der Waals surface area (Å²) >= 11 is 0. The summed E-state index contributed by atoms with van der Waals surface area (Å²) in [4.78, 5) is 4.60. The fraction of sp³-hybridized carbons (Fsp3) is 0.471. The first kappa shape index (κ1) is 15.5. The summed E-state index contributed by atoms with van der Waals surface area (Å²) in [5.41, 5.74) is 4.73. The minimum absolute atomic E-state index is 0.170. The van der Waals surface area contributed by atoms with Crippen LogP contribution >= 0.6 is 0 Å². The van der Waals surface area contributed by atoms with Crippen molar-refractivity contribution in [2.24, 2.45) is 0 Å². The van der Waals surface area contributed by atoms with Crippen LogP contribution in [0.15, 0.2) is 35.3 Å². The quantitative estimate of drug-likeness (QED) is 0.603. The number of nitrogens with zero attached hydrogens (tertiary/aromatic N) is 3. The van der Waals surface area contributed by atoms with E-state index in [1.165, 1.54) is 16.8 Å². The zero-order valence-electron chi connectivity index (χ0n) is 13.6. The lowest BCUT2D eigenvalue weighted by atomic mass is 9.61. The molecular formula is C17H24BN3. The number of hydrogen-bond donors (Lipinski definition) is 0. The van der Waals surface area contributed by atoms with Crippen molar-refractivity contribution in [3.8, 4) is 6.07 Å². The predicted octanol–water partition coefficient (Wildman–Crippen LogP) is 4.02. The molecule has 0 unspecified atom stereocenters. The van der Waals surface area contributed by atoms with E-state index in [0.29, 0.717) is 0 Å². The molecular weight excluding hydrogens is 257 g/mol. The lowest BCUT2D eigenvalue weighted by Crippen LogP contribution is -2.46. The molecule has 0 fully saturated rings. The Kier molecular flexibility index (Phi) is 4.96. The number of hydrogen-bond acceptors (Lipinski definition) is 3. The zero-order chi connectivity index (χ0) is 15.4. The van der Waals surface area contributed by atoms with Crippen LogP contribution in [0.3, 0.4) is 0 Å². The molecule has 0 aliphatic carbocycles. The van der Waals surface area contributed by atoms with Crippen molar-refractivity contribution >= 4 is 18.4 Å². The average Bonchev–Trinajstić information content (AvgIpc) is 2.75. The number of benzene rings is 1. The van der Waals surface area contributed by atoms with Crippen molar-refractivity contribution in [1.29, 1.82) is 5.26 Å². The summed E-state index contributed by atoms with van der Waals surface area (Å²) in [5.74, 6) is 0. The van der Waals surface area contributed by atoms with Crippen molar-refractivity contribution < 1.29 is 0 Å². The molecule has 1 aromatic rings. The number of rotatable bonds is 5. The lowest BCUT2D eigenvalue weighted by molar-refractivity contribution is 0.879. The molecule has 2 rings (SSSR count). The minimum Gasteiger partial charge on any atom is -0.393 e. The van der Waals surface area contributed by atoms with Crippen LogP contribution in [0.2, 0.25) is 0 Å². The molecule has 21 heavy (non-hydrogen) atoms. The van der Waals surface area contributed by atoms with E-state index in [2.05, 4.69) is 67.9 Å². The van der Waals surface area contributed by atoms with Crippen molar-refractivity contribution in [2.75, 3.05) is 23.7 Å². The summed E-state index contributed by atoms with van der Waals surface area (Å²) in [5, 5.41) is 9.56. The maximum atomic E-state index is 9.56. The van der Waals surface area contributed by atoms with Crippen molar-refractivity contribution in [1.82, 2.24) is 0 Å². The molecule has 0 atom stereocenters. The van der Waals surface area contributed by atoms with Gasteiger partial charge in [-0.1, -0.05) is 38.8 Å². The molecule has 4 heteroatoms. The van der Waals surface area contributed by atoms with E-state index >= 15 is 0 Å². The Morgan fingerprint density at radius 3 is 2.00 bits per heavy atom. The van der Waals surface area contributed by atoms with Gasteiger partial charge in [0.2, 0.25) is 0 Å². The van der Waals surface area contributed by atoms with Gasteiger partial charge in [0, 0.05) is 16.9 Å². The summed E-state index contributed by atoms with van der Waals surface area (Å²) in [6.07, 6.45) is 3.94. The normalized spacial score (nSPS) is 14.9. The first-order chi connectivity index (χ1) is 10.2. The SMILES string of the molecule is CCC/C(C#N)=C(\CCC)B1N(C)c2ccccc2N1C. The molecule has 0 amide bonds. The number of allylic oxidation sites excluding steroid dienone is 2. The molecule has 110 valence electrons. The Labute approximate surface area is 129 Å². The van der Waals surface area contributed by atoms with Crippen molar-refractivity contribution in [3.63, 3.8) is 0 Å². The molecule has 1 aliphatic heterocycles. The van der Waals surface area contributed by atoms with Gasteiger partial charge in [0.05, 0.1) is 6.07 Å². The molecule has 0 saturated carbocycles. The fourth-order valence-corrected chi connectivity index (χ4v) is 3.29. The number of nitriles is 1. The molecule has 0 radical (unpaired) electrons. The van der Waals surface area contributed by atoms with Crippen LogP contribution in [0.25, 0.3) is 0 Å². The third-order valence-corrected chi connectivity index (χ3v) is 4.23. The first-order valence-electron chi connectivity index (χ1n) is 7.82. The van der Waals surface area contributed by atoms with E-state index in [4.69, 9.17) is 0 Å². The van der Waals surface area contributed by atoms with Crippen LogP contribution in [-0.4, -0.2) is 21.1 Å². The third-order valence-electron chi connectivity index (χ3n) is 4.23. The van der Waals surface area contributed by atoms with Crippen LogP contribution in [0.4, 0.5) is 11.4 Å². The highest BCUT2D eigenvalue weighted by atomic mass is 15.3. The highest BCUT2D eigenvalue weighted by Gasteiger charge is 2.39. The molecule has 1 aliphatic rings. The topological polar surface area (TPSA) is 30.3 Å². The van der Waals surface area contributed by atoms with Crippen LogP contribution in [0, 0.1) is 11.3 Å². The van der Waals surface area contributed by atoms with Gasteiger partial charge in [0.25, 0.3) is 0 Å². The zero-order valence-corrected chi connectivity index (χ0v) is 13.6. The number of para-hydroxylation sites is 2. The monoisotopic (exact) mass is 281 g/mol. The summed E-state index contributed by atoms with van der Waals surface area (Å²) < 4.78 is 0. The van der Waals surface area contributed by atoms with E-state index in [1.807, 2.05) is 0 Å². The summed E-state index contributed by atoms with van der Waals surface area (Å²) in [7, 11) is 4.26. The summed E-state index contributed by atoms with van der Waals surface area (Å²) in [6, 6.07) is 10.9. The van der Waals surface area contributed by atoms with E-state index in [0.717, 1.165) is 31.3 Å². The molecule has 0 bridgehead atoms. The van der Waals surface area contributed by atoms with E-state index in [9.17, 15) is 5.26 Å². The van der Waals surface area contributed by atoms with Gasteiger partial charge >= 0.3 is 6.98 Å². The van der Waals surface area contributed by atoms with Crippen LogP contribution in [0.5, 0.6) is 0 Å². The third kappa shape index (κ3) is 2.78. The van der Waals surface area contributed by atoms with Gasteiger partial charge in [-0.2, -0.15) is 5.26 Å². The Bertz CT molecular complexity index is 545. The Morgan fingerprint density at radius 1 is 1.05 bits per heavy atom. The van der Waals surface area contributed by atoms with Gasteiger partial charge < -0.3 is 9.62 Å². The second-order valence-electron chi connectivity index (χ2n) is 5.70. The van der Waals surface area contributed by atoms with Gasteiger partial charge in [-0.25, -0.2) is 0 Å². The predicted molar refractivity (Wildman–Crippen MR) is 91.5 cm³/mol. The van der Waals surface area contributed by atoms with Gasteiger partial charge in [0.1, 0.15) is 0 Å². The largest absolute Gasteiger partial charge is 0.407 e. The maximum Gasteiger partial charge on any atom is 0.407 e. The van der Waals surface area contributed by atoms with Gasteiger partial charge in [0.15, 0.2) is 0 Å². The van der Waals surface area contributed by atoms with Crippen LogP contribution < -0.4 is 9.62 Å². The maximum absolute atomic E-state index is 9.56. The second kappa shape index (κ2) is 6.71. The van der Waals surface area contributed by atoms with Crippen LogP contribution in [-0.2, 0) is 0 Å².